The molecular formula is C25H29N3O6S2. The summed E-state index contributed by atoms with van der Waals surface area (Å²) >= 11 is 1.35. The molecule has 1 unspecified atom stereocenters. The minimum Gasteiger partial charge on any atom is -0.495 e. The molecule has 3 aromatic rings. The summed E-state index contributed by atoms with van der Waals surface area (Å²) < 4.78 is 44.9. The van der Waals surface area contributed by atoms with Crippen LogP contribution in [0.15, 0.2) is 41.3 Å². The third-order valence-corrected chi connectivity index (χ3v) is 9.60. The van der Waals surface area contributed by atoms with Gasteiger partial charge >= 0.3 is 0 Å². The molecular weight excluding hydrogens is 502 g/mol. The molecule has 0 bridgehead atoms. The SMILES string of the molecule is COc1ccc(OC)c2sc(N(CC3CCCO3)C(=O)c3ccc(S(=O)(=O)N4CCCC4)cc3)nc12. The zero-order chi connectivity index (χ0) is 25.3. The fraction of sp³-hybridized carbons (Fsp3) is 0.440. The summed E-state index contributed by atoms with van der Waals surface area (Å²) in [5, 5.41) is 0.502. The van der Waals surface area contributed by atoms with Gasteiger partial charge in [-0.25, -0.2) is 13.4 Å². The normalized spacial score (nSPS) is 18.6. The van der Waals surface area contributed by atoms with Crippen LogP contribution in [-0.4, -0.2) is 70.2 Å². The quantitative estimate of drug-likeness (QED) is 0.434. The van der Waals surface area contributed by atoms with Crippen molar-refractivity contribution in [2.45, 2.75) is 36.7 Å². The number of rotatable bonds is 8. The van der Waals surface area contributed by atoms with E-state index >= 15 is 0 Å². The Morgan fingerprint density at radius 3 is 2.42 bits per heavy atom. The summed E-state index contributed by atoms with van der Waals surface area (Å²) in [6.07, 6.45) is 3.43. The minimum atomic E-state index is -3.55. The van der Waals surface area contributed by atoms with Crippen LogP contribution < -0.4 is 14.4 Å². The second-order valence-corrected chi connectivity index (χ2v) is 11.7. The van der Waals surface area contributed by atoms with Crippen molar-refractivity contribution in [3.8, 4) is 11.5 Å². The summed E-state index contributed by atoms with van der Waals surface area (Å²) in [5.74, 6) is 0.970. The van der Waals surface area contributed by atoms with Crippen LogP contribution in [0.3, 0.4) is 0 Å². The first-order chi connectivity index (χ1) is 17.4. The molecule has 2 saturated heterocycles. The maximum absolute atomic E-state index is 13.8. The minimum absolute atomic E-state index is 0.0976. The van der Waals surface area contributed by atoms with Gasteiger partial charge in [0.2, 0.25) is 10.0 Å². The third-order valence-electron chi connectivity index (χ3n) is 6.59. The molecule has 2 aliphatic heterocycles. The number of carbonyl (C=O) groups excluding carboxylic acids is 1. The fourth-order valence-corrected chi connectivity index (χ4v) is 7.23. The van der Waals surface area contributed by atoms with E-state index in [-0.39, 0.29) is 16.9 Å². The second-order valence-electron chi connectivity index (χ2n) is 8.83. The predicted octanol–water partition coefficient (Wildman–Crippen LogP) is 3.92. The molecule has 0 spiro atoms. The van der Waals surface area contributed by atoms with Crippen molar-refractivity contribution in [2.75, 3.05) is 45.4 Å². The molecule has 2 aliphatic rings. The van der Waals surface area contributed by atoms with Crippen LogP contribution >= 0.6 is 11.3 Å². The molecule has 36 heavy (non-hydrogen) atoms. The van der Waals surface area contributed by atoms with E-state index in [9.17, 15) is 13.2 Å². The van der Waals surface area contributed by atoms with Crippen LogP contribution in [0.4, 0.5) is 5.13 Å². The number of thiazole rings is 1. The van der Waals surface area contributed by atoms with Gasteiger partial charge in [-0.3, -0.25) is 9.69 Å². The Morgan fingerprint density at radius 1 is 1.08 bits per heavy atom. The number of nitrogens with zero attached hydrogens (tertiary/aromatic N) is 3. The Morgan fingerprint density at radius 2 is 1.78 bits per heavy atom. The molecule has 0 N–H and O–H groups in total. The van der Waals surface area contributed by atoms with Crippen LogP contribution in [0.25, 0.3) is 10.2 Å². The highest BCUT2D eigenvalue weighted by molar-refractivity contribution is 7.89. The van der Waals surface area contributed by atoms with Crippen molar-refractivity contribution in [1.82, 2.24) is 9.29 Å². The van der Waals surface area contributed by atoms with Gasteiger partial charge < -0.3 is 14.2 Å². The number of aromatic nitrogens is 1. The Balaban J connectivity index is 1.49. The van der Waals surface area contributed by atoms with Gasteiger partial charge in [-0.1, -0.05) is 11.3 Å². The Bertz CT molecular complexity index is 1300. The Labute approximate surface area is 214 Å². The van der Waals surface area contributed by atoms with Crippen molar-refractivity contribution in [2.24, 2.45) is 0 Å². The summed E-state index contributed by atoms with van der Waals surface area (Å²) in [7, 11) is -0.387. The number of fused-ring (bicyclic) bond motifs is 1. The molecule has 0 saturated carbocycles. The first-order valence-electron chi connectivity index (χ1n) is 12.0. The standard InChI is InChI=1S/C25H29N3O6S2/c1-32-20-11-12-21(33-2)23-22(20)26-25(35-23)28(16-18-6-5-15-34-18)24(29)17-7-9-19(10-8-17)36(30,31)27-13-3-4-14-27/h7-12,18H,3-6,13-16H2,1-2H3. The highest BCUT2D eigenvalue weighted by atomic mass is 32.2. The summed E-state index contributed by atoms with van der Waals surface area (Å²) in [6.45, 7) is 2.07. The predicted molar refractivity (Wildman–Crippen MR) is 138 cm³/mol. The number of anilines is 1. The molecule has 192 valence electrons. The van der Waals surface area contributed by atoms with Gasteiger partial charge in [-0.05, 0) is 62.1 Å². The number of hydrogen-bond acceptors (Lipinski definition) is 8. The molecule has 1 aromatic heterocycles. The number of ether oxygens (including phenoxy) is 3. The number of amides is 1. The third kappa shape index (κ3) is 4.68. The highest BCUT2D eigenvalue weighted by Crippen LogP contribution is 2.40. The van der Waals surface area contributed by atoms with Crippen molar-refractivity contribution in [3.63, 3.8) is 0 Å². The number of hydrogen-bond donors (Lipinski definition) is 0. The summed E-state index contributed by atoms with van der Waals surface area (Å²) in [6, 6.07) is 9.76. The van der Waals surface area contributed by atoms with E-state index < -0.39 is 10.0 Å². The van der Waals surface area contributed by atoms with E-state index in [0.29, 0.717) is 54.0 Å². The van der Waals surface area contributed by atoms with Crippen LogP contribution in [0.5, 0.6) is 11.5 Å². The van der Waals surface area contributed by atoms with Gasteiger partial charge in [0.05, 0.1) is 31.8 Å². The van der Waals surface area contributed by atoms with Crippen molar-refractivity contribution >= 4 is 42.6 Å². The lowest BCUT2D eigenvalue weighted by Crippen LogP contribution is -2.37. The van der Waals surface area contributed by atoms with E-state index in [2.05, 4.69) is 0 Å². The van der Waals surface area contributed by atoms with E-state index in [4.69, 9.17) is 19.2 Å². The first-order valence-corrected chi connectivity index (χ1v) is 14.2. The van der Waals surface area contributed by atoms with Crippen LogP contribution in [0.2, 0.25) is 0 Å². The average Bonchev–Trinajstić information content (AvgIpc) is 3.68. The lowest BCUT2D eigenvalue weighted by molar-refractivity contribution is 0.0917. The lowest BCUT2D eigenvalue weighted by atomic mass is 10.2. The summed E-state index contributed by atoms with van der Waals surface area (Å²) in [5.41, 5.74) is 1.00. The molecule has 11 heteroatoms. The molecule has 5 rings (SSSR count). The van der Waals surface area contributed by atoms with Gasteiger partial charge in [0.1, 0.15) is 21.7 Å². The van der Waals surface area contributed by atoms with Gasteiger partial charge in [0.25, 0.3) is 5.91 Å². The van der Waals surface area contributed by atoms with E-state index in [1.54, 1.807) is 37.3 Å². The van der Waals surface area contributed by atoms with E-state index in [0.717, 1.165) is 30.4 Å². The zero-order valence-electron chi connectivity index (χ0n) is 20.3. The molecule has 0 aliphatic carbocycles. The number of sulfonamides is 1. The zero-order valence-corrected chi connectivity index (χ0v) is 21.9. The van der Waals surface area contributed by atoms with Crippen molar-refractivity contribution in [3.05, 3.63) is 42.0 Å². The summed E-state index contributed by atoms with van der Waals surface area (Å²) in [4.78, 5) is 20.3. The van der Waals surface area contributed by atoms with Crippen LogP contribution in [0, 0.1) is 0 Å². The monoisotopic (exact) mass is 531 g/mol. The Kier molecular flexibility index (Phi) is 7.16. The largest absolute Gasteiger partial charge is 0.495 e. The van der Waals surface area contributed by atoms with E-state index in [1.165, 1.54) is 27.8 Å². The molecule has 3 heterocycles. The molecule has 1 amide bonds. The number of carbonyl (C=O) groups is 1. The van der Waals surface area contributed by atoms with E-state index in [1.807, 2.05) is 6.07 Å². The second kappa shape index (κ2) is 10.3. The van der Waals surface area contributed by atoms with Crippen molar-refractivity contribution in [1.29, 1.82) is 0 Å². The van der Waals surface area contributed by atoms with Gasteiger partial charge in [-0.15, -0.1) is 0 Å². The molecule has 0 radical (unpaired) electrons. The van der Waals surface area contributed by atoms with Gasteiger partial charge in [-0.2, -0.15) is 4.31 Å². The Hall–Kier alpha value is -2.73. The molecule has 2 aromatic carbocycles. The van der Waals surface area contributed by atoms with Crippen LogP contribution in [-0.2, 0) is 14.8 Å². The average molecular weight is 532 g/mol. The van der Waals surface area contributed by atoms with Gasteiger partial charge in [0.15, 0.2) is 5.13 Å². The highest BCUT2D eigenvalue weighted by Gasteiger charge is 2.30. The fourth-order valence-electron chi connectivity index (χ4n) is 4.63. The van der Waals surface area contributed by atoms with Gasteiger partial charge in [0, 0.05) is 25.3 Å². The first kappa shape index (κ1) is 24.9. The molecule has 9 nitrogen and oxygen atoms in total. The lowest BCUT2D eigenvalue weighted by Gasteiger charge is -2.23. The molecule has 1 atom stereocenters. The van der Waals surface area contributed by atoms with Crippen molar-refractivity contribution < 1.29 is 27.4 Å². The topological polar surface area (TPSA) is 98.3 Å². The maximum Gasteiger partial charge on any atom is 0.260 e. The number of methoxy groups -OCH3 is 2. The number of benzene rings is 2. The molecule has 2 fully saturated rings. The smallest absolute Gasteiger partial charge is 0.260 e. The van der Waals surface area contributed by atoms with Crippen LogP contribution in [0.1, 0.15) is 36.0 Å². The maximum atomic E-state index is 13.8.